The summed E-state index contributed by atoms with van der Waals surface area (Å²) >= 11 is 0. The summed E-state index contributed by atoms with van der Waals surface area (Å²) < 4.78 is 15.5. The second kappa shape index (κ2) is 9.02. The maximum absolute atomic E-state index is 11.7. The fourth-order valence-corrected chi connectivity index (χ4v) is 1.98. The van der Waals surface area contributed by atoms with E-state index in [1.54, 1.807) is 18.2 Å². The smallest absolute Gasteiger partial charge is 0.277 e. The van der Waals surface area contributed by atoms with Crippen LogP contribution in [-0.2, 0) is 4.79 Å². The zero-order valence-corrected chi connectivity index (χ0v) is 14.2. The maximum Gasteiger partial charge on any atom is 0.277 e. The lowest BCUT2D eigenvalue weighted by atomic mass is 10.2. The first kappa shape index (κ1) is 18.7. The molecule has 0 aromatic heterocycles. The van der Waals surface area contributed by atoms with E-state index in [0.717, 1.165) is 0 Å². The Kier molecular flexibility index (Phi) is 6.49. The summed E-state index contributed by atoms with van der Waals surface area (Å²) in [5.41, 5.74) is 2.88. The molecule has 0 bridgehead atoms. The highest BCUT2D eigenvalue weighted by Crippen LogP contribution is 2.26. The van der Waals surface area contributed by atoms with E-state index in [9.17, 15) is 14.9 Å². The number of nitrogens with one attached hydrogen (secondary N) is 1. The molecule has 0 aliphatic carbocycles. The second-order valence-corrected chi connectivity index (χ2v) is 4.95. The molecule has 9 nitrogen and oxygen atoms in total. The minimum atomic E-state index is -0.541. The molecule has 2 rings (SSSR count). The highest BCUT2D eigenvalue weighted by Gasteiger charge is 2.08. The van der Waals surface area contributed by atoms with Crippen molar-refractivity contribution in [1.82, 2.24) is 5.43 Å². The second-order valence-electron chi connectivity index (χ2n) is 4.95. The summed E-state index contributed by atoms with van der Waals surface area (Å²) in [6.07, 6.45) is 1.44. The van der Waals surface area contributed by atoms with Gasteiger partial charge in [-0.05, 0) is 29.8 Å². The molecule has 1 N–H and O–H groups in total. The number of carbonyl (C=O) groups is 1. The largest absolute Gasteiger partial charge is 0.493 e. The van der Waals surface area contributed by atoms with Gasteiger partial charge in [0.25, 0.3) is 11.6 Å². The van der Waals surface area contributed by atoms with Crippen LogP contribution < -0.4 is 19.6 Å². The summed E-state index contributed by atoms with van der Waals surface area (Å²) in [5.74, 6) is 0.835. The highest BCUT2D eigenvalue weighted by molar-refractivity contribution is 5.83. The lowest BCUT2D eigenvalue weighted by Crippen LogP contribution is -2.24. The van der Waals surface area contributed by atoms with Crippen LogP contribution in [0.4, 0.5) is 5.69 Å². The molecular formula is C17H17N3O6. The zero-order chi connectivity index (χ0) is 18.9. The molecule has 0 heterocycles. The third-order valence-corrected chi connectivity index (χ3v) is 3.21. The number of carbonyl (C=O) groups excluding carboxylic acids is 1. The van der Waals surface area contributed by atoms with Crippen molar-refractivity contribution in [2.45, 2.75) is 0 Å². The van der Waals surface area contributed by atoms with E-state index < -0.39 is 10.8 Å². The van der Waals surface area contributed by atoms with E-state index in [2.05, 4.69) is 10.5 Å². The Bertz CT molecular complexity index is 822. The van der Waals surface area contributed by atoms with Gasteiger partial charge in [-0.3, -0.25) is 14.9 Å². The number of nitro benzene ring substituents is 1. The van der Waals surface area contributed by atoms with Crippen LogP contribution in [0.1, 0.15) is 5.56 Å². The minimum Gasteiger partial charge on any atom is -0.493 e. The number of non-ortho nitro benzene ring substituents is 1. The van der Waals surface area contributed by atoms with Crippen LogP contribution in [0.2, 0.25) is 0 Å². The fourth-order valence-electron chi connectivity index (χ4n) is 1.98. The summed E-state index contributed by atoms with van der Waals surface area (Å²) in [4.78, 5) is 21.9. The van der Waals surface area contributed by atoms with Gasteiger partial charge in [-0.25, -0.2) is 5.43 Å². The van der Waals surface area contributed by atoms with Gasteiger partial charge in [0.05, 0.1) is 31.4 Å². The Hall–Kier alpha value is -3.62. The number of rotatable bonds is 8. The topological polar surface area (TPSA) is 112 Å². The standard InChI is InChI=1S/C17H17N3O6/c1-24-15-7-6-12(8-16(15)25-2)10-18-19-17(21)11-26-14-5-3-4-13(9-14)20(22)23/h3-10H,11H2,1-2H3,(H,19,21)/b18-10-. The molecular weight excluding hydrogens is 342 g/mol. The molecule has 0 saturated carbocycles. The first-order valence-corrected chi connectivity index (χ1v) is 7.44. The maximum atomic E-state index is 11.7. The van der Waals surface area contributed by atoms with Crippen LogP contribution in [0, 0.1) is 10.1 Å². The molecule has 26 heavy (non-hydrogen) atoms. The molecule has 0 atom stereocenters. The van der Waals surface area contributed by atoms with Gasteiger partial charge in [-0.2, -0.15) is 5.10 Å². The SMILES string of the molecule is COc1ccc(/C=N\NC(=O)COc2cccc([N+](=O)[O-])c2)cc1OC. The van der Waals surface area contributed by atoms with E-state index >= 15 is 0 Å². The van der Waals surface area contributed by atoms with Crippen LogP contribution in [0.25, 0.3) is 0 Å². The van der Waals surface area contributed by atoms with E-state index in [4.69, 9.17) is 14.2 Å². The van der Waals surface area contributed by atoms with Gasteiger partial charge in [-0.15, -0.1) is 0 Å². The third-order valence-electron chi connectivity index (χ3n) is 3.21. The summed E-state index contributed by atoms with van der Waals surface area (Å²) in [6.45, 7) is -0.329. The number of hydrazone groups is 1. The van der Waals surface area contributed by atoms with Crippen molar-refractivity contribution >= 4 is 17.8 Å². The molecule has 2 aromatic rings. The molecule has 0 aliphatic heterocycles. The fraction of sp³-hybridized carbons (Fsp3) is 0.176. The van der Waals surface area contributed by atoms with Gasteiger partial charge in [0.2, 0.25) is 0 Å². The molecule has 0 spiro atoms. The van der Waals surface area contributed by atoms with Crippen molar-refractivity contribution in [2.24, 2.45) is 5.10 Å². The van der Waals surface area contributed by atoms with Crippen LogP contribution in [-0.4, -0.2) is 37.9 Å². The first-order chi connectivity index (χ1) is 12.5. The molecule has 9 heteroatoms. The van der Waals surface area contributed by atoms with Crippen molar-refractivity contribution in [3.8, 4) is 17.2 Å². The number of ether oxygens (including phenoxy) is 3. The average molecular weight is 359 g/mol. The Morgan fingerprint density at radius 2 is 1.96 bits per heavy atom. The Balaban J connectivity index is 1.87. The predicted molar refractivity (Wildman–Crippen MR) is 93.9 cm³/mol. The van der Waals surface area contributed by atoms with Crippen molar-refractivity contribution in [1.29, 1.82) is 0 Å². The lowest BCUT2D eigenvalue weighted by Gasteiger charge is -2.07. The van der Waals surface area contributed by atoms with Gasteiger partial charge in [-0.1, -0.05) is 6.07 Å². The first-order valence-electron chi connectivity index (χ1n) is 7.44. The van der Waals surface area contributed by atoms with E-state index in [-0.39, 0.29) is 18.0 Å². The number of methoxy groups -OCH3 is 2. The van der Waals surface area contributed by atoms with Gasteiger partial charge in [0, 0.05) is 6.07 Å². The minimum absolute atomic E-state index is 0.116. The molecule has 136 valence electrons. The average Bonchev–Trinajstić information content (AvgIpc) is 2.66. The number of nitrogens with zero attached hydrogens (tertiary/aromatic N) is 2. The van der Waals surface area contributed by atoms with Gasteiger partial charge < -0.3 is 14.2 Å². The van der Waals surface area contributed by atoms with Gasteiger partial charge >= 0.3 is 0 Å². The van der Waals surface area contributed by atoms with E-state index in [1.165, 1.54) is 44.7 Å². The van der Waals surface area contributed by atoms with Crippen molar-refractivity contribution in [3.63, 3.8) is 0 Å². The predicted octanol–water partition coefficient (Wildman–Crippen LogP) is 2.14. The normalized spacial score (nSPS) is 10.4. The molecule has 0 aliphatic rings. The Morgan fingerprint density at radius 1 is 1.19 bits per heavy atom. The quantitative estimate of drug-likeness (QED) is 0.439. The number of hydrogen-bond donors (Lipinski definition) is 1. The molecule has 0 saturated heterocycles. The van der Waals surface area contributed by atoms with E-state index in [0.29, 0.717) is 17.1 Å². The Morgan fingerprint density at radius 3 is 2.65 bits per heavy atom. The molecule has 0 unspecified atom stereocenters. The number of amides is 1. The zero-order valence-electron chi connectivity index (χ0n) is 14.2. The number of benzene rings is 2. The van der Waals surface area contributed by atoms with E-state index in [1.807, 2.05) is 0 Å². The summed E-state index contributed by atoms with van der Waals surface area (Å²) in [5, 5.41) is 14.5. The Labute approximate surface area is 149 Å². The molecule has 1 amide bonds. The van der Waals surface area contributed by atoms with Crippen molar-refractivity contribution < 1.29 is 23.9 Å². The van der Waals surface area contributed by atoms with Crippen LogP contribution in [0.15, 0.2) is 47.6 Å². The van der Waals surface area contributed by atoms with Crippen molar-refractivity contribution in [3.05, 3.63) is 58.1 Å². The van der Waals surface area contributed by atoms with Crippen LogP contribution in [0.5, 0.6) is 17.2 Å². The molecule has 0 fully saturated rings. The van der Waals surface area contributed by atoms with Crippen molar-refractivity contribution in [2.75, 3.05) is 20.8 Å². The monoisotopic (exact) mass is 359 g/mol. The number of hydrogen-bond acceptors (Lipinski definition) is 7. The van der Waals surface area contributed by atoms with Gasteiger partial charge in [0.15, 0.2) is 18.1 Å². The summed E-state index contributed by atoms with van der Waals surface area (Å²) in [6, 6.07) is 10.7. The van der Waals surface area contributed by atoms with Crippen LogP contribution in [0.3, 0.4) is 0 Å². The number of nitro groups is 1. The molecule has 2 aromatic carbocycles. The van der Waals surface area contributed by atoms with Crippen LogP contribution >= 0.6 is 0 Å². The highest BCUT2D eigenvalue weighted by atomic mass is 16.6. The third kappa shape index (κ3) is 5.20. The lowest BCUT2D eigenvalue weighted by molar-refractivity contribution is -0.384. The molecule has 0 radical (unpaired) electrons. The van der Waals surface area contributed by atoms with Gasteiger partial charge in [0.1, 0.15) is 5.75 Å². The summed E-state index contributed by atoms with van der Waals surface area (Å²) in [7, 11) is 3.05.